The van der Waals surface area contributed by atoms with Crippen LogP contribution in [-0.4, -0.2) is 49.2 Å². The normalized spacial score (nSPS) is 19.5. The van der Waals surface area contributed by atoms with E-state index in [0.717, 1.165) is 68.6 Å². The molecule has 0 spiro atoms. The Morgan fingerprint density at radius 1 is 1.24 bits per heavy atom. The van der Waals surface area contributed by atoms with E-state index in [1.54, 1.807) is 24.9 Å². The monoisotopic (exact) mass is 602 g/mol. The molecule has 42 heavy (non-hydrogen) atoms. The van der Waals surface area contributed by atoms with Gasteiger partial charge in [-0.2, -0.15) is 0 Å². The van der Waals surface area contributed by atoms with E-state index in [9.17, 15) is 8.78 Å². The van der Waals surface area contributed by atoms with Gasteiger partial charge in [0.1, 0.15) is 5.04 Å². The Kier molecular flexibility index (Phi) is 20.1. The summed E-state index contributed by atoms with van der Waals surface area (Å²) in [5, 5.41) is 1.08. The van der Waals surface area contributed by atoms with Gasteiger partial charge in [-0.25, -0.2) is 8.78 Å². The smallest absolute Gasteiger partial charge is 0.257 e. The lowest BCUT2D eigenvalue weighted by Gasteiger charge is -2.34. The number of hydrogen-bond acceptors (Lipinski definition) is 4. The summed E-state index contributed by atoms with van der Waals surface area (Å²) >= 11 is 1.71. The van der Waals surface area contributed by atoms with Gasteiger partial charge in [0.25, 0.3) is 5.92 Å². The molecule has 3 aliphatic rings. The number of methoxy groups -OCH3 is 1. The molecule has 0 amide bonds. The summed E-state index contributed by atoms with van der Waals surface area (Å²) in [6.45, 7) is 26.7. The van der Waals surface area contributed by atoms with Crippen LogP contribution < -0.4 is 0 Å². The van der Waals surface area contributed by atoms with Crippen LogP contribution in [0.25, 0.3) is 0 Å². The fourth-order valence-corrected chi connectivity index (χ4v) is 6.11. The molecule has 0 aromatic rings. The van der Waals surface area contributed by atoms with E-state index in [0.29, 0.717) is 5.92 Å². The van der Waals surface area contributed by atoms with Gasteiger partial charge in [0.05, 0.1) is 19.4 Å². The maximum Gasteiger partial charge on any atom is 0.257 e. The molecule has 1 saturated heterocycles. The Morgan fingerprint density at radius 3 is 2.31 bits per heavy atom. The van der Waals surface area contributed by atoms with Crippen LogP contribution in [-0.2, 0) is 4.74 Å². The van der Waals surface area contributed by atoms with Crippen molar-refractivity contribution in [3.05, 3.63) is 87.8 Å². The highest BCUT2D eigenvalue weighted by Gasteiger charge is 2.32. The summed E-state index contributed by atoms with van der Waals surface area (Å²) in [5.74, 6) is -1.14. The van der Waals surface area contributed by atoms with Crippen LogP contribution in [0.15, 0.2) is 92.8 Å². The number of rotatable bonds is 7. The van der Waals surface area contributed by atoms with Crippen molar-refractivity contribution >= 4 is 16.8 Å². The minimum absolute atomic E-state index is 0.139. The first-order valence-electron chi connectivity index (χ1n) is 15.2. The second kappa shape index (κ2) is 21.3. The van der Waals surface area contributed by atoms with Crippen molar-refractivity contribution in [2.24, 2.45) is 10.9 Å². The number of aliphatic imine (C=N–C) groups is 1. The van der Waals surface area contributed by atoms with Crippen molar-refractivity contribution in [3.8, 4) is 0 Å². The van der Waals surface area contributed by atoms with Gasteiger partial charge >= 0.3 is 0 Å². The van der Waals surface area contributed by atoms with Gasteiger partial charge in [-0.3, -0.25) is 9.89 Å². The number of alkyl halides is 2. The van der Waals surface area contributed by atoms with Crippen LogP contribution in [0, 0.1) is 5.92 Å². The third kappa shape index (κ3) is 13.7. The molecule has 6 heteroatoms. The maximum absolute atomic E-state index is 13.3. The summed E-state index contributed by atoms with van der Waals surface area (Å²) in [7, 11) is 1.72. The number of thioether (sulfide) groups is 1. The highest BCUT2D eigenvalue weighted by atomic mass is 32.2. The van der Waals surface area contributed by atoms with Gasteiger partial charge in [-0.1, -0.05) is 69.0 Å². The molecule has 2 heterocycles. The lowest BCUT2D eigenvalue weighted by Crippen LogP contribution is -2.40. The summed E-state index contributed by atoms with van der Waals surface area (Å²) in [6, 6.07) is 0. The summed E-state index contributed by atoms with van der Waals surface area (Å²) in [6.07, 6.45) is 14.0. The number of halogens is 2. The molecule has 0 N–H and O–H groups in total. The summed E-state index contributed by atoms with van der Waals surface area (Å²) < 4.78 is 31.7. The zero-order chi connectivity index (χ0) is 32.3. The van der Waals surface area contributed by atoms with Crippen molar-refractivity contribution in [2.75, 3.05) is 33.3 Å². The number of allylic oxidation sites excluding steroid dienone is 9. The lowest BCUT2D eigenvalue weighted by molar-refractivity contribution is -0.0211. The Balaban J connectivity index is 0.000000869. The minimum atomic E-state index is -2.62. The Bertz CT molecular complexity index is 1090. The molecule has 1 aliphatic carbocycles. The van der Waals surface area contributed by atoms with Gasteiger partial charge in [-0.05, 0) is 90.1 Å². The summed E-state index contributed by atoms with van der Waals surface area (Å²) in [5.41, 5.74) is 9.22. The van der Waals surface area contributed by atoms with E-state index in [2.05, 4.69) is 64.0 Å². The van der Waals surface area contributed by atoms with Crippen molar-refractivity contribution in [1.29, 1.82) is 0 Å². The molecule has 0 aromatic heterocycles. The van der Waals surface area contributed by atoms with Gasteiger partial charge in [0, 0.05) is 35.9 Å². The predicted molar refractivity (Wildman–Crippen MR) is 184 cm³/mol. The molecule has 2 aliphatic heterocycles. The molecule has 236 valence electrons. The Labute approximate surface area is 260 Å². The van der Waals surface area contributed by atoms with Crippen LogP contribution >= 0.6 is 11.8 Å². The number of ether oxygens (including phenoxy) is 1. The number of nitrogens with zero attached hydrogens (tertiary/aromatic N) is 2. The molecule has 3 rings (SSSR count). The van der Waals surface area contributed by atoms with Gasteiger partial charge < -0.3 is 4.74 Å². The molecule has 3 nitrogen and oxygen atoms in total. The third-order valence-electron chi connectivity index (χ3n) is 6.91. The zero-order valence-corrected chi connectivity index (χ0v) is 28.8. The molecular weight excluding hydrogens is 546 g/mol. The fourth-order valence-electron chi connectivity index (χ4n) is 4.83. The topological polar surface area (TPSA) is 24.8 Å². The second-order valence-corrected chi connectivity index (χ2v) is 11.3. The number of likely N-dealkylation sites (tertiary alicyclic amines) is 1. The quantitative estimate of drug-likeness (QED) is 0.214. The van der Waals surface area contributed by atoms with Gasteiger partial charge in [0.15, 0.2) is 0 Å². The van der Waals surface area contributed by atoms with E-state index in [-0.39, 0.29) is 6.54 Å². The zero-order valence-electron chi connectivity index (χ0n) is 28.0. The lowest BCUT2D eigenvalue weighted by atomic mass is 9.85. The second-order valence-electron chi connectivity index (χ2n) is 10.3. The van der Waals surface area contributed by atoms with Gasteiger partial charge in [-0.15, -0.1) is 12.3 Å². The standard InChI is InChI=1S/C21H30F2N2S.C10H14O.C3H6.C2H6/c1-7-14(3)19-16(5)18(20(26-19)24-8-2)15(4)17-9-11-25(12-10-17)13-21(6,22)23;1-3-9-6-4-5-7-10(8-9)11-2;1-3-2;1-2/h17H,1,8-13H2,2-6H3;4-6,8H,3,7H2,1-2H3;3H,1H2,2H3;1-2H3/b18-15+,24-20?;;;. The maximum atomic E-state index is 13.3. The van der Waals surface area contributed by atoms with Crippen LogP contribution in [0.2, 0.25) is 0 Å². The van der Waals surface area contributed by atoms with Crippen molar-refractivity contribution in [3.63, 3.8) is 0 Å². The molecule has 0 radical (unpaired) electrons. The van der Waals surface area contributed by atoms with Crippen LogP contribution in [0.1, 0.15) is 88.0 Å². The summed E-state index contributed by atoms with van der Waals surface area (Å²) in [4.78, 5) is 7.80. The Hall–Kier alpha value is -2.40. The first kappa shape index (κ1) is 39.6. The molecule has 0 unspecified atom stereocenters. The van der Waals surface area contributed by atoms with Crippen LogP contribution in [0.3, 0.4) is 0 Å². The third-order valence-corrected chi connectivity index (χ3v) is 8.26. The van der Waals surface area contributed by atoms with E-state index in [4.69, 9.17) is 9.73 Å². The molecular formula is C36H56F2N2OS. The average Bonchev–Trinajstić information content (AvgIpc) is 3.13. The van der Waals surface area contributed by atoms with Crippen molar-refractivity contribution in [2.45, 2.75) is 93.9 Å². The largest absolute Gasteiger partial charge is 0.501 e. The highest BCUT2D eigenvalue weighted by molar-refractivity contribution is 8.18. The number of hydrogen-bond donors (Lipinski definition) is 0. The molecule has 0 bridgehead atoms. The van der Waals surface area contributed by atoms with E-state index >= 15 is 0 Å². The van der Waals surface area contributed by atoms with E-state index < -0.39 is 5.92 Å². The predicted octanol–water partition coefficient (Wildman–Crippen LogP) is 10.9. The minimum Gasteiger partial charge on any atom is -0.501 e. The Morgan fingerprint density at radius 2 is 1.83 bits per heavy atom. The highest BCUT2D eigenvalue weighted by Crippen LogP contribution is 2.44. The molecule has 1 fully saturated rings. The molecule has 0 saturated carbocycles. The van der Waals surface area contributed by atoms with Crippen molar-refractivity contribution in [1.82, 2.24) is 4.90 Å². The molecule has 0 atom stereocenters. The van der Waals surface area contributed by atoms with E-state index in [1.165, 1.54) is 27.2 Å². The first-order valence-corrected chi connectivity index (χ1v) is 16.1. The van der Waals surface area contributed by atoms with Crippen LogP contribution in [0.5, 0.6) is 0 Å². The fraction of sp³-hybridized carbons (Fsp3) is 0.556. The van der Waals surface area contributed by atoms with Crippen LogP contribution in [0.4, 0.5) is 8.78 Å². The van der Waals surface area contributed by atoms with E-state index in [1.807, 2.05) is 39.5 Å². The number of piperidine rings is 1. The average molecular weight is 603 g/mol. The van der Waals surface area contributed by atoms with Gasteiger partial charge in [0.2, 0.25) is 0 Å². The molecule has 0 aromatic carbocycles. The SMILES string of the molecule is C=C=C(C)C1=C(C)/C(=C(/C)C2CCN(CC(C)(F)F)CC2)C(=NCC)S1.C=CC.CC.CCC1=CC=CCC(OC)=C1. The first-order chi connectivity index (χ1) is 20.0. The van der Waals surface area contributed by atoms with Crippen molar-refractivity contribution < 1.29 is 13.5 Å².